The zero-order valence-corrected chi connectivity index (χ0v) is 7.37. The average Bonchev–Trinajstić information content (AvgIpc) is 2.15. The fourth-order valence-corrected chi connectivity index (χ4v) is 1.08. The second-order valence-electron chi connectivity index (χ2n) is 2.63. The SMILES string of the molecule is N#Cc1c(C(F)F)cnc(N)c1C(N)=O. The highest BCUT2D eigenvalue weighted by Gasteiger charge is 2.22. The van der Waals surface area contributed by atoms with Crippen LogP contribution >= 0.6 is 0 Å². The quantitative estimate of drug-likeness (QED) is 0.747. The molecular weight excluding hydrogens is 206 g/mol. The summed E-state index contributed by atoms with van der Waals surface area (Å²) in [6, 6.07) is 1.47. The average molecular weight is 212 g/mol. The lowest BCUT2D eigenvalue weighted by atomic mass is 10.0. The van der Waals surface area contributed by atoms with Gasteiger partial charge in [0.1, 0.15) is 11.9 Å². The first-order valence-corrected chi connectivity index (χ1v) is 3.75. The van der Waals surface area contributed by atoms with Crippen molar-refractivity contribution in [2.45, 2.75) is 6.43 Å². The molecule has 0 atom stereocenters. The van der Waals surface area contributed by atoms with Crippen molar-refractivity contribution in [3.05, 3.63) is 22.9 Å². The number of carbonyl (C=O) groups excluding carboxylic acids is 1. The van der Waals surface area contributed by atoms with E-state index in [0.717, 1.165) is 6.20 Å². The Labute approximate surface area is 83.3 Å². The lowest BCUT2D eigenvalue weighted by Gasteiger charge is -2.07. The first-order valence-electron chi connectivity index (χ1n) is 3.75. The number of hydrogen-bond acceptors (Lipinski definition) is 4. The number of nitrogens with zero attached hydrogens (tertiary/aromatic N) is 2. The van der Waals surface area contributed by atoms with Crippen LogP contribution in [0.15, 0.2) is 6.20 Å². The van der Waals surface area contributed by atoms with E-state index in [0.29, 0.717) is 0 Å². The summed E-state index contributed by atoms with van der Waals surface area (Å²) in [6.07, 6.45) is -2.16. The molecule has 0 saturated heterocycles. The molecule has 15 heavy (non-hydrogen) atoms. The summed E-state index contributed by atoms with van der Waals surface area (Å²) >= 11 is 0. The van der Waals surface area contributed by atoms with Gasteiger partial charge in [-0.1, -0.05) is 0 Å². The normalized spacial score (nSPS) is 10.0. The minimum absolute atomic E-state index is 0.330. The summed E-state index contributed by atoms with van der Waals surface area (Å²) in [5, 5.41) is 8.65. The first kappa shape index (κ1) is 10.8. The maximum absolute atomic E-state index is 12.4. The standard InChI is InChI=1S/C8H6F2N4O/c9-6(10)4-2-14-7(12)5(8(13)15)3(4)1-11/h2,6H,(H2,12,14)(H2,13,15). The van der Waals surface area contributed by atoms with Gasteiger partial charge in [-0.15, -0.1) is 0 Å². The van der Waals surface area contributed by atoms with Crippen molar-refractivity contribution in [2.75, 3.05) is 5.73 Å². The smallest absolute Gasteiger partial charge is 0.266 e. The van der Waals surface area contributed by atoms with Crippen LogP contribution < -0.4 is 11.5 Å². The molecule has 0 fully saturated rings. The van der Waals surface area contributed by atoms with Crippen LogP contribution in [0.25, 0.3) is 0 Å². The van der Waals surface area contributed by atoms with Gasteiger partial charge in [-0.3, -0.25) is 4.79 Å². The number of primary amides is 1. The lowest BCUT2D eigenvalue weighted by Crippen LogP contribution is -2.17. The number of amides is 1. The van der Waals surface area contributed by atoms with Crippen molar-refractivity contribution >= 4 is 11.7 Å². The summed E-state index contributed by atoms with van der Waals surface area (Å²) in [7, 11) is 0. The summed E-state index contributed by atoms with van der Waals surface area (Å²) in [5.41, 5.74) is 8.53. The van der Waals surface area contributed by atoms with Crippen molar-refractivity contribution in [3.8, 4) is 6.07 Å². The fraction of sp³-hybridized carbons (Fsp3) is 0.125. The second-order valence-corrected chi connectivity index (χ2v) is 2.63. The van der Waals surface area contributed by atoms with Crippen molar-refractivity contribution in [1.82, 2.24) is 4.98 Å². The van der Waals surface area contributed by atoms with Crippen LogP contribution in [0.4, 0.5) is 14.6 Å². The van der Waals surface area contributed by atoms with Gasteiger partial charge >= 0.3 is 0 Å². The highest BCUT2D eigenvalue weighted by molar-refractivity contribution is 5.99. The molecule has 1 amide bonds. The number of nitriles is 1. The Balaban J connectivity index is 3.56. The number of alkyl halides is 2. The highest BCUT2D eigenvalue weighted by Crippen LogP contribution is 2.26. The van der Waals surface area contributed by atoms with E-state index in [9.17, 15) is 13.6 Å². The van der Waals surface area contributed by atoms with Crippen molar-refractivity contribution in [3.63, 3.8) is 0 Å². The minimum atomic E-state index is -2.91. The Morgan fingerprint density at radius 2 is 2.20 bits per heavy atom. The van der Waals surface area contributed by atoms with E-state index in [4.69, 9.17) is 16.7 Å². The maximum Gasteiger partial charge on any atom is 0.266 e. The number of pyridine rings is 1. The van der Waals surface area contributed by atoms with Crippen LogP contribution in [0, 0.1) is 11.3 Å². The minimum Gasteiger partial charge on any atom is -0.383 e. The fourth-order valence-electron chi connectivity index (χ4n) is 1.08. The molecule has 7 heteroatoms. The van der Waals surface area contributed by atoms with E-state index in [-0.39, 0.29) is 5.82 Å². The van der Waals surface area contributed by atoms with Crippen molar-refractivity contribution < 1.29 is 13.6 Å². The third-order valence-electron chi connectivity index (χ3n) is 1.73. The molecule has 78 valence electrons. The molecule has 0 aliphatic rings. The number of nitrogens with two attached hydrogens (primary N) is 2. The van der Waals surface area contributed by atoms with Gasteiger partial charge in [-0.05, 0) is 0 Å². The third-order valence-corrected chi connectivity index (χ3v) is 1.73. The van der Waals surface area contributed by atoms with Gasteiger partial charge in [-0.2, -0.15) is 5.26 Å². The number of anilines is 1. The van der Waals surface area contributed by atoms with Gasteiger partial charge in [0.25, 0.3) is 12.3 Å². The third kappa shape index (κ3) is 1.83. The Bertz CT molecular complexity index is 453. The van der Waals surface area contributed by atoms with Crippen LogP contribution in [-0.2, 0) is 0 Å². The van der Waals surface area contributed by atoms with Crippen LogP contribution in [0.5, 0.6) is 0 Å². The van der Waals surface area contributed by atoms with Gasteiger partial charge in [0.2, 0.25) is 0 Å². The summed E-state index contributed by atoms with van der Waals surface area (Å²) in [5.74, 6) is -1.39. The molecule has 1 heterocycles. The molecular formula is C8H6F2N4O. The molecule has 1 aromatic heterocycles. The monoisotopic (exact) mass is 212 g/mol. The van der Waals surface area contributed by atoms with E-state index in [1.54, 1.807) is 0 Å². The van der Waals surface area contributed by atoms with Crippen LogP contribution in [-0.4, -0.2) is 10.9 Å². The van der Waals surface area contributed by atoms with E-state index < -0.39 is 29.0 Å². The highest BCUT2D eigenvalue weighted by atomic mass is 19.3. The van der Waals surface area contributed by atoms with E-state index >= 15 is 0 Å². The Morgan fingerprint density at radius 3 is 2.60 bits per heavy atom. The molecule has 4 N–H and O–H groups in total. The van der Waals surface area contributed by atoms with Crippen LogP contribution in [0.2, 0.25) is 0 Å². The summed E-state index contributed by atoms with van der Waals surface area (Å²) < 4.78 is 24.8. The predicted molar refractivity (Wildman–Crippen MR) is 46.8 cm³/mol. The summed E-state index contributed by atoms with van der Waals surface area (Å²) in [6.45, 7) is 0. The lowest BCUT2D eigenvalue weighted by molar-refractivity contribution is 0.1000. The number of aromatic nitrogens is 1. The largest absolute Gasteiger partial charge is 0.383 e. The number of nitrogen functional groups attached to an aromatic ring is 1. The van der Waals surface area contributed by atoms with E-state index in [1.807, 2.05) is 0 Å². The molecule has 0 unspecified atom stereocenters. The van der Waals surface area contributed by atoms with E-state index in [2.05, 4.69) is 4.98 Å². The molecule has 1 aromatic rings. The van der Waals surface area contributed by atoms with Crippen LogP contribution in [0.1, 0.15) is 27.9 Å². The van der Waals surface area contributed by atoms with Crippen molar-refractivity contribution in [1.29, 1.82) is 5.26 Å². The molecule has 0 spiro atoms. The molecule has 0 radical (unpaired) electrons. The molecule has 0 saturated carbocycles. The van der Waals surface area contributed by atoms with Gasteiger partial charge in [0.15, 0.2) is 0 Å². The maximum atomic E-state index is 12.4. The molecule has 0 aliphatic carbocycles. The van der Waals surface area contributed by atoms with E-state index in [1.165, 1.54) is 6.07 Å². The second kappa shape index (κ2) is 3.88. The zero-order chi connectivity index (χ0) is 11.6. The molecule has 0 aromatic carbocycles. The number of hydrogen-bond donors (Lipinski definition) is 2. The molecule has 1 rings (SSSR count). The zero-order valence-electron chi connectivity index (χ0n) is 7.37. The Morgan fingerprint density at radius 1 is 1.60 bits per heavy atom. The first-order chi connectivity index (χ1) is 6.99. The molecule has 0 aliphatic heterocycles. The number of halogens is 2. The Hall–Kier alpha value is -2.23. The molecule has 0 bridgehead atoms. The number of rotatable bonds is 2. The van der Waals surface area contributed by atoms with Crippen LogP contribution in [0.3, 0.4) is 0 Å². The van der Waals surface area contributed by atoms with Crippen molar-refractivity contribution in [2.24, 2.45) is 5.73 Å². The van der Waals surface area contributed by atoms with Gasteiger partial charge in [0, 0.05) is 6.20 Å². The topological polar surface area (TPSA) is 106 Å². The number of carbonyl (C=O) groups is 1. The van der Waals surface area contributed by atoms with Gasteiger partial charge in [-0.25, -0.2) is 13.8 Å². The van der Waals surface area contributed by atoms with Gasteiger partial charge < -0.3 is 11.5 Å². The van der Waals surface area contributed by atoms with Gasteiger partial charge in [0.05, 0.1) is 16.7 Å². The Kier molecular flexibility index (Phi) is 2.80. The molecule has 5 nitrogen and oxygen atoms in total. The predicted octanol–water partition coefficient (Wildman–Crippen LogP) is 0.572. The summed E-state index contributed by atoms with van der Waals surface area (Å²) in [4.78, 5) is 14.3.